The summed E-state index contributed by atoms with van der Waals surface area (Å²) in [6.07, 6.45) is 5.16. The average molecular weight is 278 g/mol. The molecule has 3 N–H and O–H groups in total. The molecule has 2 unspecified atom stereocenters. The van der Waals surface area contributed by atoms with Crippen LogP contribution in [0.5, 0.6) is 5.88 Å². The van der Waals surface area contributed by atoms with Crippen LogP contribution in [0.25, 0.3) is 0 Å². The summed E-state index contributed by atoms with van der Waals surface area (Å²) in [5, 5.41) is 3.43. The normalized spacial score (nSPS) is 22.6. The lowest BCUT2D eigenvalue weighted by Crippen LogP contribution is -2.31. The highest BCUT2D eigenvalue weighted by atomic mass is 16.5. The molecule has 112 valence electrons. The van der Waals surface area contributed by atoms with E-state index in [2.05, 4.69) is 15.3 Å². The second kappa shape index (κ2) is 7.43. The standard InChI is InChI=1S/C15H26N4O/c1-3-20-15-8-14(18-11(2)19-15)17-10-13-7-5-4-6-12(13)9-16/h8,12-13H,3-7,9-10,16H2,1-2H3,(H,17,18,19). The number of nitrogens with zero attached hydrogens (tertiary/aromatic N) is 2. The van der Waals surface area contributed by atoms with Gasteiger partial charge in [0.15, 0.2) is 0 Å². The zero-order valence-corrected chi connectivity index (χ0v) is 12.6. The number of hydrogen-bond donors (Lipinski definition) is 2. The van der Waals surface area contributed by atoms with Crippen LogP contribution in [0.3, 0.4) is 0 Å². The third-order valence-electron chi connectivity index (χ3n) is 4.02. The number of aryl methyl sites for hydroxylation is 1. The van der Waals surface area contributed by atoms with Crippen molar-refractivity contribution in [2.24, 2.45) is 17.6 Å². The number of aromatic nitrogens is 2. The molecule has 0 radical (unpaired) electrons. The van der Waals surface area contributed by atoms with Crippen LogP contribution in [0.15, 0.2) is 6.07 Å². The number of anilines is 1. The number of ether oxygens (including phenoxy) is 1. The molecule has 5 heteroatoms. The van der Waals surface area contributed by atoms with Gasteiger partial charge in [0.2, 0.25) is 5.88 Å². The topological polar surface area (TPSA) is 73.1 Å². The van der Waals surface area contributed by atoms with Crippen molar-refractivity contribution in [1.29, 1.82) is 0 Å². The Balaban J connectivity index is 1.95. The fourth-order valence-electron chi connectivity index (χ4n) is 2.95. The molecule has 0 amide bonds. The Labute approximate surface area is 121 Å². The van der Waals surface area contributed by atoms with Crippen LogP contribution in [0, 0.1) is 18.8 Å². The van der Waals surface area contributed by atoms with Gasteiger partial charge in [0, 0.05) is 12.6 Å². The molecule has 1 fully saturated rings. The van der Waals surface area contributed by atoms with Gasteiger partial charge in [-0.05, 0) is 45.1 Å². The lowest BCUT2D eigenvalue weighted by Gasteiger charge is -2.30. The number of nitrogens with one attached hydrogen (secondary N) is 1. The van der Waals surface area contributed by atoms with Gasteiger partial charge >= 0.3 is 0 Å². The van der Waals surface area contributed by atoms with Gasteiger partial charge in [0.1, 0.15) is 11.6 Å². The molecule has 0 aliphatic heterocycles. The van der Waals surface area contributed by atoms with E-state index in [1.807, 2.05) is 19.9 Å². The highest BCUT2D eigenvalue weighted by Crippen LogP contribution is 2.29. The van der Waals surface area contributed by atoms with E-state index in [1.54, 1.807) is 0 Å². The number of nitrogens with two attached hydrogens (primary N) is 1. The summed E-state index contributed by atoms with van der Waals surface area (Å²) in [7, 11) is 0. The van der Waals surface area contributed by atoms with Crippen LogP contribution >= 0.6 is 0 Å². The molecule has 0 spiro atoms. The Bertz CT molecular complexity index is 424. The summed E-state index contributed by atoms with van der Waals surface area (Å²) in [6.45, 7) is 6.19. The average Bonchev–Trinajstić information content (AvgIpc) is 2.45. The van der Waals surface area contributed by atoms with Gasteiger partial charge in [-0.2, -0.15) is 4.98 Å². The van der Waals surface area contributed by atoms with E-state index in [4.69, 9.17) is 10.5 Å². The molecule has 20 heavy (non-hydrogen) atoms. The van der Waals surface area contributed by atoms with E-state index >= 15 is 0 Å². The number of rotatable bonds is 6. The van der Waals surface area contributed by atoms with Gasteiger partial charge < -0.3 is 15.8 Å². The summed E-state index contributed by atoms with van der Waals surface area (Å²) in [4.78, 5) is 8.67. The fraction of sp³-hybridized carbons (Fsp3) is 0.733. The van der Waals surface area contributed by atoms with Crippen molar-refractivity contribution in [2.45, 2.75) is 39.5 Å². The summed E-state index contributed by atoms with van der Waals surface area (Å²) < 4.78 is 5.45. The van der Waals surface area contributed by atoms with Crippen molar-refractivity contribution in [3.05, 3.63) is 11.9 Å². The van der Waals surface area contributed by atoms with Crippen LogP contribution in [0.4, 0.5) is 5.82 Å². The first-order valence-corrected chi connectivity index (χ1v) is 7.65. The first-order valence-electron chi connectivity index (χ1n) is 7.65. The van der Waals surface area contributed by atoms with E-state index in [0.29, 0.717) is 24.3 Å². The molecule has 1 saturated carbocycles. The van der Waals surface area contributed by atoms with Gasteiger partial charge in [-0.15, -0.1) is 0 Å². The minimum Gasteiger partial charge on any atom is -0.478 e. The third kappa shape index (κ3) is 4.07. The first-order chi connectivity index (χ1) is 9.72. The van der Waals surface area contributed by atoms with Crippen molar-refractivity contribution < 1.29 is 4.74 Å². The maximum absolute atomic E-state index is 5.88. The maximum atomic E-state index is 5.88. The van der Waals surface area contributed by atoms with E-state index in [-0.39, 0.29) is 0 Å². The summed E-state index contributed by atoms with van der Waals surface area (Å²) in [6, 6.07) is 1.87. The molecule has 1 aromatic heterocycles. The largest absolute Gasteiger partial charge is 0.478 e. The maximum Gasteiger partial charge on any atom is 0.218 e. The molecule has 0 aromatic carbocycles. The molecular formula is C15H26N4O. The second-order valence-corrected chi connectivity index (χ2v) is 5.49. The van der Waals surface area contributed by atoms with Gasteiger partial charge in [-0.3, -0.25) is 0 Å². The van der Waals surface area contributed by atoms with Crippen molar-refractivity contribution in [3.63, 3.8) is 0 Å². The molecule has 2 rings (SSSR count). The highest BCUT2D eigenvalue weighted by molar-refractivity contribution is 5.38. The van der Waals surface area contributed by atoms with Crippen molar-refractivity contribution >= 4 is 5.82 Å². The Morgan fingerprint density at radius 1 is 1.30 bits per heavy atom. The van der Waals surface area contributed by atoms with Crippen molar-refractivity contribution in [2.75, 3.05) is 25.0 Å². The fourth-order valence-corrected chi connectivity index (χ4v) is 2.95. The van der Waals surface area contributed by atoms with E-state index < -0.39 is 0 Å². The highest BCUT2D eigenvalue weighted by Gasteiger charge is 2.23. The molecule has 0 bridgehead atoms. The van der Waals surface area contributed by atoms with Crippen LogP contribution < -0.4 is 15.8 Å². The Morgan fingerprint density at radius 2 is 2.05 bits per heavy atom. The zero-order valence-electron chi connectivity index (χ0n) is 12.6. The monoisotopic (exact) mass is 278 g/mol. The smallest absolute Gasteiger partial charge is 0.218 e. The molecule has 1 heterocycles. The molecule has 1 aromatic rings. The molecule has 0 saturated heterocycles. The van der Waals surface area contributed by atoms with Crippen LogP contribution in [0.2, 0.25) is 0 Å². The minimum absolute atomic E-state index is 0.619. The quantitative estimate of drug-likeness (QED) is 0.835. The summed E-state index contributed by atoms with van der Waals surface area (Å²) >= 11 is 0. The van der Waals surface area contributed by atoms with Gasteiger partial charge in [0.05, 0.1) is 6.61 Å². The van der Waals surface area contributed by atoms with E-state index in [9.17, 15) is 0 Å². The van der Waals surface area contributed by atoms with Gasteiger partial charge in [0.25, 0.3) is 0 Å². The second-order valence-electron chi connectivity index (χ2n) is 5.49. The summed E-state index contributed by atoms with van der Waals surface area (Å²) in [5.74, 6) is 3.52. The SMILES string of the molecule is CCOc1cc(NCC2CCCCC2CN)nc(C)n1. The minimum atomic E-state index is 0.619. The predicted molar refractivity (Wildman–Crippen MR) is 80.9 cm³/mol. The molecule has 5 nitrogen and oxygen atoms in total. The molecular weight excluding hydrogens is 252 g/mol. The Morgan fingerprint density at radius 3 is 2.75 bits per heavy atom. The summed E-state index contributed by atoms with van der Waals surface area (Å²) in [5.41, 5.74) is 5.88. The molecule has 1 aliphatic carbocycles. The Kier molecular flexibility index (Phi) is 5.59. The van der Waals surface area contributed by atoms with Gasteiger partial charge in [-0.1, -0.05) is 12.8 Å². The van der Waals surface area contributed by atoms with Crippen LogP contribution in [0.1, 0.15) is 38.4 Å². The lowest BCUT2D eigenvalue weighted by molar-refractivity contribution is 0.255. The Hall–Kier alpha value is -1.36. The van der Waals surface area contributed by atoms with Crippen LogP contribution in [-0.4, -0.2) is 29.7 Å². The van der Waals surface area contributed by atoms with Crippen molar-refractivity contribution in [3.8, 4) is 5.88 Å². The first kappa shape index (κ1) is 15.0. The molecule has 2 atom stereocenters. The third-order valence-corrected chi connectivity index (χ3v) is 4.02. The van der Waals surface area contributed by atoms with E-state index in [1.165, 1.54) is 25.7 Å². The number of hydrogen-bond acceptors (Lipinski definition) is 5. The van der Waals surface area contributed by atoms with E-state index in [0.717, 1.165) is 24.7 Å². The lowest BCUT2D eigenvalue weighted by atomic mass is 9.79. The van der Waals surface area contributed by atoms with Crippen molar-refractivity contribution in [1.82, 2.24) is 9.97 Å². The van der Waals surface area contributed by atoms with Crippen LogP contribution in [-0.2, 0) is 0 Å². The zero-order chi connectivity index (χ0) is 14.4. The predicted octanol–water partition coefficient (Wildman–Crippen LogP) is 2.36. The van der Waals surface area contributed by atoms with Gasteiger partial charge in [-0.25, -0.2) is 4.98 Å². The molecule has 1 aliphatic rings.